The number of rotatable bonds is 6. The number of ether oxygens (including phenoxy) is 3. The van der Waals surface area contributed by atoms with E-state index in [4.69, 9.17) is 14.2 Å². The molecular formula is C21H38N2O7. The molecule has 174 valence electrons. The Hall–Kier alpha value is -1.52. The molecule has 0 aromatic heterocycles. The SMILES string of the molecule is COCC(=O)N1C/C=C/COC[C@@H](O)[C@@H](O)[C@H](OCCC(C)C)CN(C(C)=O)CC1. The third kappa shape index (κ3) is 9.99. The highest BCUT2D eigenvalue weighted by Gasteiger charge is 2.30. The molecule has 9 heteroatoms. The topological polar surface area (TPSA) is 109 Å². The van der Waals surface area contributed by atoms with Crippen LogP contribution in [0.4, 0.5) is 0 Å². The van der Waals surface area contributed by atoms with Gasteiger partial charge in [-0.15, -0.1) is 0 Å². The zero-order valence-corrected chi connectivity index (χ0v) is 18.7. The summed E-state index contributed by atoms with van der Waals surface area (Å²) in [5.41, 5.74) is 0. The molecule has 0 radical (unpaired) electrons. The fourth-order valence-corrected chi connectivity index (χ4v) is 2.96. The number of aliphatic hydroxyl groups excluding tert-OH is 2. The summed E-state index contributed by atoms with van der Waals surface area (Å²) < 4.78 is 16.2. The third-order valence-electron chi connectivity index (χ3n) is 4.90. The van der Waals surface area contributed by atoms with E-state index in [0.717, 1.165) is 6.42 Å². The molecule has 1 rings (SSSR count). The number of hydrogen-bond acceptors (Lipinski definition) is 7. The van der Waals surface area contributed by atoms with Gasteiger partial charge < -0.3 is 34.2 Å². The standard InChI is InChI=1S/C21H38N2O7/c1-16(2)7-12-30-19-13-23(17(3)24)10-9-22(20(26)15-28-4)8-5-6-11-29-14-18(25)21(19)27/h5-6,16,18-19,21,25,27H,7-15H2,1-4H3/b6-5+/t18-,19-,21-/m1/s1. The van der Waals surface area contributed by atoms with Gasteiger partial charge in [-0.1, -0.05) is 26.0 Å². The summed E-state index contributed by atoms with van der Waals surface area (Å²) in [4.78, 5) is 27.7. The summed E-state index contributed by atoms with van der Waals surface area (Å²) in [5, 5.41) is 20.9. The first-order valence-electron chi connectivity index (χ1n) is 10.5. The maximum atomic E-state index is 12.3. The molecule has 1 aliphatic rings. The minimum absolute atomic E-state index is 0.0454. The van der Waals surface area contributed by atoms with Gasteiger partial charge in [-0.2, -0.15) is 0 Å². The number of aliphatic hydroxyl groups is 2. The van der Waals surface area contributed by atoms with Gasteiger partial charge in [0.2, 0.25) is 11.8 Å². The monoisotopic (exact) mass is 430 g/mol. The summed E-state index contributed by atoms with van der Waals surface area (Å²) >= 11 is 0. The van der Waals surface area contributed by atoms with Gasteiger partial charge >= 0.3 is 0 Å². The lowest BCUT2D eigenvalue weighted by Crippen LogP contribution is -2.50. The van der Waals surface area contributed by atoms with Crippen LogP contribution in [-0.4, -0.2) is 110 Å². The first kappa shape index (κ1) is 26.5. The van der Waals surface area contributed by atoms with Crippen molar-refractivity contribution in [3.05, 3.63) is 12.2 Å². The van der Waals surface area contributed by atoms with Crippen molar-refractivity contribution in [3.63, 3.8) is 0 Å². The van der Waals surface area contributed by atoms with Crippen LogP contribution in [0.25, 0.3) is 0 Å². The Morgan fingerprint density at radius 1 is 1.20 bits per heavy atom. The van der Waals surface area contributed by atoms with Gasteiger partial charge in [-0.25, -0.2) is 0 Å². The molecular weight excluding hydrogens is 392 g/mol. The van der Waals surface area contributed by atoms with Crippen LogP contribution >= 0.6 is 0 Å². The van der Waals surface area contributed by atoms with E-state index < -0.39 is 18.3 Å². The first-order valence-corrected chi connectivity index (χ1v) is 10.5. The van der Waals surface area contributed by atoms with E-state index in [9.17, 15) is 19.8 Å². The van der Waals surface area contributed by atoms with Crippen molar-refractivity contribution < 1.29 is 34.0 Å². The fraction of sp³-hybridized carbons (Fsp3) is 0.810. The van der Waals surface area contributed by atoms with E-state index in [0.29, 0.717) is 25.6 Å². The molecule has 2 amide bonds. The summed E-state index contributed by atoms with van der Waals surface area (Å²) in [6, 6.07) is 0. The molecule has 0 unspecified atom stereocenters. The number of carbonyl (C=O) groups excluding carboxylic acids is 2. The van der Waals surface area contributed by atoms with E-state index >= 15 is 0 Å². The minimum atomic E-state index is -1.21. The molecule has 0 fully saturated rings. The molecule has 0 bridgehead atoms. The largest absolute Gasteiger partial charge is 0.388 e. The van der Waals surface area contributed by atoms with Gasteiger partial charge in [0.15, 0.2) is 0 Å². The number of carbonyl (C=O) groups is 2. The van der Waals surface area contributed by atoms with Crippen molar-refractivity contribution in [2.75, 3.05) is 59.7 Å². The summed E-state index contributed by atoms with van der Waals surface area (Å²) in [6.45, 7) is 7.15. The Labute approximate surface area is 179 Å². The van der Waals surface area contributed by atoms with Crippen molar-refractivity contribution in [2.24, 2.45) is 5.92 Å². The van der Waals surface area contributed by atoms with Crippen molar-refractivity contribution >= 4 is 11.8 Å². The lowest BCUT2D eigenvalue weighted by Gasteiger charge is -2.33. The van der Waals surface area contributed by atoms with Crippen LogP contribution < -0.4 is 0 Å². The van der Waals surface area contributed by atoms with Crippen LogP contribution in [0.1, 0.15) is 27.2 Å². The highest BCUT2D eigenvalue weighted by Crippen LogP contribution is 2.12. The fourth-order valence-electron chi connectivity index (χ4n) is 2.96. The summed E-state index contributed by atoms with van der Waals surface area (Å²) in [5.74, 6) is 0.0380. The van der Waals surface area contributed by atoms with Crippen LogP contribution in [0, 0.1) is 5.92 Å². The molecule has 0 saturated heterocycles. The zero-order chi connectivity index (χ0) is 22.5. The number of methoxy groups -OCH3 is 1. The smallest absolute Gasteiger partial charge is 0.248 e. The van der Waals surface area contributed by atoms with Crippen LogP contribution in [0.5, 0.6) is 0 Å². The normalized spacial score (nSPS) is 25.8. The van der Waals surface area contributed by atoms with Gasteiger partial charge in [0.1, 0.15) is 24.9 Å². The molecule has 3 atom stereocenters. The van der Waals surface area contributed by atoms with Crippen molar-refractivity contribution in [2.45, 2.75) is 45.5 Å². The highest BCUT2D eigenvalue weighted by molar-refractivity contribution is 5.78. The molecule has 0 saturated carbocycles. The molecule has 1 heterocycles. The number of hydrogen-bond donors (Lipinski definition) is 2. The molecule has 0 aromatic carbocycles. The minimum Gasteiger partial charge on any atom is -0.388 e. The van der Waals surface area contributed by atoms with Gasteiger partial charge in [-0.05, 0) is 12.3 Å². The third-order valence-corrected chi connectivity index (χ3v) is 4.90. The van der Waals surface area contributed by atoms with E-state index in [1.807, 2.05) is 0 Å². The Morgan fingerprint density at radius 2 is 1.90 bits per heavy atom. The van der Waals surface area contributed by atoms with Crippen molar-refractivity contribution in [3.8, 4) is 0 Å². The molecule has 0 spiro atoms. The number of nitrogens with zero attached hydrogens (tertiary/aromatic N) is 2. The molecule has 1 aliphatic heterocycles. The van der Waals surface area contributed by atoms with Gasteiger partial charge in [0.05, 0.1) is 13.2 Å². The van der Waals surface area contributed by atoms with Gasteiger partial charge in [-0.3, -0.25) is 9.59 Å². The second-order valence-electron chi connectivity index (χ2n) is 7.90. The first-order chi connectivity index (χ1) is 14.3. The Kier molecular flexibility index (Phi) is 12.8. The Bertz CT molecular complexity index is 541. The van der Waals surface area contributed by atoms with Crippen LogP contribution in [0.2, 0.25) is 0 Å². The second kappa shape index (κ2) is 14.5. The molecule has 0 aliphatic carbocycles. The predicted molar refractivity (Wildman–Crippen MR) is 112 cm³/mol. The van der Waals surface area contributed by atoms with Crippen LogP contribution in [0.3, 0.4) is 0 Å². The van der Waals surface area contributed by atoms with Crippen LogP contribution in [-0.2, 0) is 23.8 Å². The maximum absolute atomic E-state index is 12.3. The average molecular weight is 431 g/mol. The van der Waals surface area contributed by atoms with E-state index in [2.05, 4.69) is 13.8 Å². The molecule has 30 heavy (non-hydrogen) atoms. The van der Waals surface area contributed by atoms with Gasteiger partial charge in [0, 0.05) is 46.8 Å². The lowest BCUT2D eigenvalue weighted by atomic mass is 10.1. The zero-order valence-electron chi connectivity index (χ0n) is 18.7. The van der Waals surface area contributed by atoms with Crippen molar-refractivity contribution in [1.29, 1.82) is 0 Å². The summed E-state index contributed by atoms with van der Waals surface area (Å²) in [7, 11) is 1.46. The predicted octanol–water partition coefficient (Wildman–Crippen LogP) is 0.0494. The van der Waals surface area contributed by atoms with E-state index in [1.165, 1.54) is 18.9 Å². The molecule has 9 nitrogen and oxygen atoms in total. The Morgan fingerprint density at radius 3 is 2.53 bits per heavy atom. The maximum Gasteiger partial charge on any atom is 0.248 e. The van der Waals surface area contributed by atoms with Gasteiger partial charge in [0.25, 0.3) is 0 Å². The lowest BCUT2D eigenvalue weighted by molar-refractivity contribution is -0.142. The highest BCUT2D eigenvalue weighted by atomic mass is 16.5. The second-order valence-corrected chi connectivity index (χ2v) is 7.90. The molecule has 0 aromatic rings. The average Bonchev–Trinajstić information content (AvgIpc) is 2.68. The number of amides is 2. The van der Waals surface area contributed by atoms with E-state index in [1.54, 1.807) is 17.1 Å². The van der Waals surface area contributed by atoms with Crippen molar-refractivity contribution in [1.82, 2.24) is 9.80 Å². The van der Waals surface area contributed by atoms with Crippen LogP contribution in [0.15, 0.2) is 12.2 Å². The van der Waals surface area contributed by atoms with E-state index in [-0.39, 0.29) is 44.7 Å². The summed E-state index contributed by atoms with van der Waals surface area (Å²) in [6.07, 6.45) is 1.21. The quantitative estimate of drug-likeness (QED) is 0.573. The Balaban J connectivity index is 2.98. The molecule has 2 N–H and O–H groups in total.